The van der Waals surface area contributed by atoms with Crippen molar-refractivity contribution in [3.63, 3.8) is 0 Å². The highest BCUT2D eigenvalue weighted by Gasteiger charge is 2.31. The Hall–Kier alpha value is 1.64. The normalized spacial score (nSPS) is 12.4. The van der Waals surface area contributed by atoms with Crippen molar-refractivity contribution in [2.45, 2.75) is 13.3 Å². The van der Waals surface area contributed by atoms with Gasteiger partial charge in [-0.2, -0.15) is 0 Å². The fourth-order valence-corrected chi connectivity index (χ4v) is 2.49. The molecule has 0 rings (SSSR count). The van der Waals surface area contributed by atoms with Gasteiger partial charge in [0.2, 0.25) is 13.7 Å². The fourth-order valence-electron chi connectivity index (χ4n) is 1.16. The van der Waals surface area contributed by atoms with Gasteiger partial charge in [0.15, 0.2) is 0 Å². The Bertz CT molecular complexity index is 220. The topological polar surface area (TPSA) is 27.7 Å². The smallest absolute Gasteiger partial charge is 0.225 e. The molecule has 0 saturated carbocycles. The molecule has 0 bridgehead atoms. The summed E-state index contributed by atoms with van der Waals surface area (Å²) in [7, 11) is 0. The van der Waals surface area contributed by atoms with Crippen molar-refractivity contribution < 1.29 is 13.8 Å². The maximum atomic E-state index is 5.63. The van der Waals surface area contributed by atoms with Crippen LogP contribution in [0.2, 0.25) is 0 Å². The Morgan fingerprint density at radius 3 is 1.89 bits per heavy atom. The molecule has 0 N–H and O–H groups in total. The zero-order valence-electron chi connectivity index (χ0n) is 9.95. The maximum absolute atomic E-state index is 5.63. The van der Waals surface area contributed by atoms with Crippen molar-refractivity contribution in [1.82, 2.24) is 0 Å². The number of halogens is 4. The summed E-state index contributed by atoms with van der Waals surface area (Å²) in [5.74, 6) is 0. The standard InChI is InChI=1S/C9H16Cl4O3P2/c1-3-5-14-6-9(4-2,7-15-17(10)11)8-16-18(12)13/h3H,1,4-8H2,2H3. The second-order valence-electron chi connectivity index (χ2n) is 3.61. The Labute approximate surface area is 130 Å². The third kappa shape index (κ3) is 9.53. The molecule has 9 heteroatoms. The van der Waals surface area contributed by atoms with Gasteiger partial charge in [0.1, 0.15) is 0 Å². The van der Waals surface area contributed by atoms with Crippen LogP contribution in [-0.4, -0.2) is 26.4 Å². The first-order valence-corrected chi connectivity index (χ1v) is 11.3. The second-order valence-corrected chi connectivity index (χ2v) is 9.65. The molecule has 0 aromatic carbocycles. The van der Waals surface area contributed by atoms with E-state index in [2.05, 4.69) is 6.58 Å². The first kappa shape index (κ1) is 19.6. The van der Waals surface area contributed by atoms with Crippen LogP contribution in [0.15, 0.2) is 12.7 Å². The minimum atomic E-state index is -1.46. The molecule has 0 unspecified atom stereocenters. The molecule has 0 amide bonds. The molecule has 0 fully saturated rings. The van der Waals surface area contributed by atoms with Gasteiger partial charge in [-0.05, 0) is 51.4 Å². The molecular formula is C9H16Cl4O3P2. The molecule has 0 aromatic heterocycles. The summed E-state index contributed by atoms with van der Waals surface area (Å²) in [5.41, 5.74) is -0.363. The van der Waals surface area contributed by atoms with Crippen molar-refractivity contribution in [3.05, 3.63) is 12.7 Å². The summed E-state index contributed by atoms with van der Waals surface area (Å²) in [4.78, 5) is 0. The van der Waals surface area contributed by atoms with Crippen LogP contribution in [0.5, 0.6) is 0 Å². The summed E-state index contributed by atoms with van der Waals surface area (Å²) in [6.07, 6.45) is 2.44. The van der Waals surface area contributed by atoms with E-state index in [1.807, 2.05) is 6.92 Å². The van der Waals surface area contributed by atoms with Gasteiger partial charge in [0.05, 0.1) is 26.4 Å². The van der Waals surface area contributed by atoms with Crippen LogP contribution in [0, 0.1) is 5.41 Å². The molecule has 0 atom stereocenters. The summed E-state index contributed by atoms with van der Waals surface area (Å²) in [6, 6.07) is 0. The summed E-state index contributed by atoms with van der Waals surface area (Å²) < 4.78 is 16.1. The molecule has 0 aliphatic rings. The molecular weight excluding hydrogens is 360 g/mol. The number of hydrogen-bond donors (Lipinski definition) is 0. The zero-order valence-corrected chi connectivity index (χ0v) is 14.8. The van der Waals surface area contributed by atoms with Crippen LogP contribution < -0.4 is 0 Å². The summed E-state index contributed by atoms with van der Waals surface area (Å²) in [6.45, 7) is 4.21. The van der Waals surface area contributed by atoms with Crippen LogP contribution in [0.25, 0.3) is 0 Å². The van der Waals surface area contributed by atoms with Crippen LogP contribution in [0.1, 0.15) is 13.3 Å². The number of rotatable bonds is 11. The predicted octanol–water partition coefficient (Wildman–Crippen LogP) is 6.03. The average Bonchev–Trinajstić information content (AvgIpc) is 2.32. The lowest BCUT2D eigenvalue weighted by Crippen LogP contribution is -2.35. The highest BCUT2D eigenvalue weighted by Crippen LogP contribution is 2.51. The van der Waals surface area contributed by atoms with E-state index in [9.17, 15) is 0 Å². The molecule has 18 heavy (non-hydrogen) atoms. The van der Waals surface area contributed by atoms with Crippen molar-refractivity contribution >= 4 is 58.7 Å². The summed E-state index contributed by atoms with van der Waals surface area (Å²) >= 11 is 22.5. The first-order valence-electron chi connectivity index (χ1n) is 5.13. The predicted molar refractivity (Wildman–Crippen MR) is 82.9 cm³/mol. The molecule has 0 heterocycles. The van der Waals surface area contributed by atoms with Crippen molar-refractivity contribution in [2.75, 3.05) is 26.4 Å². The lowest BCUT2D eigenvalue weighted by atomic mass is 9.88. The van der Waals surface area contributed by atoms with E-state index in [4.69, 9.17) is 58.7 Å². The highest BCUT2D eigenvalue weighted by molar-refractivity contribution is 8.00. The Morgan fingerprint density at radius 1 is 1.06 bits per heavy atom. The first-order chi connectivity index (χ1) is 8.45. The van der Waals surface area contributed by atoms with Gasteiger partial charge in [-0.25, -0.2) is 0 Å². The molecule has 108 valence electrons. The lowest BCUT2D eigenvalue weighted by Gasteiger charge is -2.31. The van der Waals surface area contributed by atoms with Crippen molar-refractivity contribution in [3.8, 4) is 0 Å². The monoisotopic (exact) mass is 374 g/mol. The molecule has 0 radical (unpaired) electrons. The Morgan fingerprint density at radius 2 is 1.56 bits per heavy atom. The number of hydrogen-bond acceptors (Lipinski definition) is 3. The maximum Gasteiger partial charge on any atom is 0.225 e. The average molecular weight is 376 g/mol. The van der Waals surface area contributed by atoms with Crippen molar-refractivity contribution in [2.24, 2.45) is 5.41 Å². The Kier molecular flexibility index (Phi) is 12.3. The second kappa shape index (κ2) is 11.3. The molecule has 0 spiro atoms. The third-order valence-corrected chi connectivity index (χ3v) is 4.15. The van der Waals surface area contributed by atoms with E-state index >= 15 is 0 Å². The molecule has 3 nitrogen and oxygen atoms in total. The minimum absolute atomic E-state index is 0.330. The van der Waals surface area contributed by atoms with E-state index in [-0.39, 0.29) is 5.41 Å². The fraction of sp³-hybridized carbons (Fsp3) is 0.778. The van der Waals surface area contributed by atoms with Gasteiger partial charge >= 0.3 is 0 Å². The highest BCUT2D eigenvalue weighted by atomic mass is 35.9. The van der Waals surface area contributed by atoms with Gasteiger partial charge in [0, 0.05) is 5.41 Å². The van der Waals surface area contributed by atoms with Gasteiger partial charge < -0.3 is 13.8 Å². The number of ether oxygens (including phenoxy) is 1. The van der Waals surface area contributed by atoms with Gasteiger partial charge in [-0.1, -0.05) is 13.0 Å². The minimum Gasteiger partial charge on any atom is -0.377 e. The van der Waals surface area contributed by atoms with Crippen molar-refractivity contribution in [1.29, 1.82) is 0 Å². The summed E-state index contributed by atoms with van der Waals surface area (Å²) in [5, 5.41) is 0. The third-order valence-electron chi connectivity index (χ3n) is 2.33. The van der Waals surface area contributed by atoms with Gasteiger partial charge in [0.25, 0.3) is 0 Å². The van der Waals surface area contributed by atoms with Gasteiger partial charge in [-0.15, -0.1) is 6.58 Å². The molecule has 0 saturated heterocycles. The van der Waals surface area contributed by atoms with E-state index < -0.39 is 13.7 Å². The van der Waals surface area contributed by atoms with E-state index in [0.29, 0.717) is 26.4 Å². The zero-order chi connectivity index (χ0) is 14.0. The Balaban J connectivity index is 4.43. The molecule has 0 aromatic rings. The van der Waals surface area contributed by atoms with E-state index in [1.54, 1.807) is 6.08 Å². The molecule has 0 aliphatic heterocycles. The van der Waals surface area contributed by atoms with E-state index in [0.717, 1.165) is 6.42 Å². The SMILES string of the molecule is C=CCOCC(CC)(COP(Cl)Cl)COP(Cl)Cl. The van der Waals surface area contributed by atoms with Crippen LogP contribution >= 0.6 is 58.7 Å². The van der Waals surface area contributed by atoms with Crippen LogP contribution in [0.3, 0.4) is 0 Å². The lowest BCUT2D eigenvalue weighted by molar-refractivity contribution is -0.00187. The van der Waals surface area contributed by atoms with Crippen LogP contribution in [-0.2, 0) is 13.8 Å². The van der Waals surface area contributed by atoms with Gasteiger partial charge in [-0.3, -0.25) is 0 Å². The largest absolute Gasteiger partial charge is 0.377 e. The quantitative estimate of drug-likeness (QED) is 0.251. The molecule has 0 aliphatic carbocycles. The van der Waals surface area contributed by atoms with Crippen LogP contribution in [0.4, 0.5) is 0 Å². The van der Waals surface area contributed by atoms with E-state index in [1.165, 1.54) is 0 Å².